The molecule has 1 aliphatic carbocycles. The molecule has 0 radical (unpaired) electrons. The molecule has 4 rings (SSSR count). The number of aliphatic hydroxyl groups excluding tert-OH is 1. The van der Waals surface area contributed by atoms with E-state index in [9.17, 15) is 15.0 Å². The second-order valence-corrected chi connectivity index (χ2v) is 8.88. The predicted octanol–water partition coefficient (Wildman–Crippen LogP) is 2.17. The van der Waals surface area contributed by atoms with Gasteiger partial charge in [-0.25, -0.2) is 4.79 Å². The Hall–Kier alpha value is -2.69. The molecule has 1 aliphatic heterocycles. The van der Waals surface area contributed by atoms with Crippen molar-refractivity contribution in [3.05, 3.63) is 36.2 Å². The molecule has 10 heteroatoms. The van der Waals surface area contributed by atoms with Gasteiger partial charge in [-0.1, -0.05) is 18.1 Å². The van der Waals surface area contributed by atoms with Gasteiger partial charge in [0.2, 0.25) is 0 Å². The summed E-state index contributed by atoms with van der Waals surface area (Å²) in [5, 5.41) is 34.5. The van der Waals surface area contributed by atoms with Crippen LogP contribution in [0.15, 0.2) is 30.5 Å². The number of benzene rings is 1. The van der Waals surface area contributed by atoms with Crippen molar-refractivity contribution in [3.63, 3.8) is 0 Å². The van der Waals surface area contributed by atoms with Crippen molar-refractivity contribution < 1.29 is 24.5 Å². The lowest BCUT2D eigenvalue weighted by atomic mass is 9.97. The molecule has 4 N–H and O–H groups in total. The minimum Gasteiger partial charge on any atom is -0.497 e. The molecule has 1 saturated heterocycles. The maximum atomic E-state index is 12.4. The third-order valence-electron chi connectivity index (χ3n) is 6.59. The molecule has 1 aromatic heterocycles. The SMILES string of the molecule is COc1ccc(NC(=O)N[C@H]2CC[C@H](CCn3cc(C4(O)CCCC4)nn3)O[C@@H]2CO)cc1. The van der Waals surface area contributed by atoms with Gasteiger partial charge in [-0.2, -0.15) is 0 Å². The third kappa shape index (κ3) is 5.82. The molecule has 180 valence electrons. The summed E-state index contributed by atoms with van der Waals surface area (Å²) in [6.07, 6.45) is 6.96. The monoisotopic (exact) mass is 459 g/mol. The van der Waals surface area contributed by atoms with Gasteiger partial charge in [-0.3, -0.25) is 4.68 Å². The Morgan fingerprint density at radius 1 is 1.27 bits per heavy atom. The smallest absolute Gasteiger partial charge is 0.319 e. The van der Waals surface area contributed by atoms with E-state index < -0.39 is 11.7 Å². The van der Waals surface area contributed by atoms with Gasteiger partial charge in [0.15, 0.2) is 0 Å². The van der Waals surface area contributed by atoms with Gasteiger partial charge in [-0.05, 0) is 56.4 Å². The number of amides is 2. The first-order valence-corrected chi connectivity index (χ1v) is 11.6. The highest BCUT2D eigenvalue weighted by Gasteiger charge is 2.36. The van der Waals surface area contributed by atoms with Crippen LogP contribution in [0.3, 0.4) is 0 Å². The minimum atomic E-state index is -0.840. The summed E-state index contributed by atoms with van der Waals surface area (Å²) in [7, 11) is 1.59. The summed E-state index contributed by atoms with van der Waals surface area (Å²) in [6, 6.07) is 6.44. The Balaban J connectivity index is 1.24. The number of nitrogens with one attached hydrogen (secondary N) is 2. The fourth-order valence-electron chi connectivity index (χ4n) is 4.63. The van der Waals surface area contributed by atoms with E-state index >= 15 is 0 Å². The molecule has 2 aromatic rings. The first-order chi connectivity index (χ1) is 16.0. The number of anilines is 1. The number of rotatable bonds is 8. The number of ether oxygens (including phenoxy) is 2. The zero-order valence-corrected chi connectivity index (χ0v) is 18.9. The number of hydrogen-bond donors (Lipinski definition) is 4. The Kier molecular flexibility index (Phi) is 7.46. The van der Waals surface area contributed by atoms with Gasteiger partial charge in [0.05, 0.1) is 32.1 Å². The molecule has 10 nitrogen and oxygen atoms in total. The van der Waals surface area contributed by atoms with Crippen LogP contribution in [-0.2, 0) is 16.9 Å². The highest BCUT2D eigenvalue weighted by Crippen LogP contribution is 2.37. The molecule has 0 unspecified atom stereocenters. The fourth-order valence-corrected chi connectivity index (χ4v) is 4.63. The molecule has 2 fully saturated rings. The maximum absolute atomic E-state index is 12.4. The number of carbonyl (C=O) groups is 1. The molecule has 0 spiro atoms. The molecule has 1 saturated carbocycles. The highest BCUT2D eigenvalue weighted by molar-refractivity contribution is 5.89. The van der Waals surface area contributed by atoms with Crippen LogP contribution in [0, 0.1) is 0 Å². The van der Waals surface area contributed by atoms with Crippen molar-refractivity contribution in [1.82, 2.24) is 20.3 Å². The Morgan fingerprint density at radius 3 is 2.73 bits per heavy atom. The van der Waals surface area contributed by atoms with E-state index in [0.717, 1.165) is 32.1 Å². The van der Waals surface area contributed by atoms with Crippen molar-refractivity contribution in [3.8, 4) is 5.75 Å². The summed E-state index contributed by atoms with van der Waals surface area (Å²) < 4.78 is 12.9. The topological polar surface area (TPSA) is 131 Å². The molecule has 1 aromatic carbocycles. The summed E-state index contributed by atoms with van der Waals surface area (Å²) in [6.45, 7) is 0.437. The van der Waals surface area contributed by atoms with E-state index in [2.05, 4.69) is 20.9 Å². The number of carbonyl (C=O) groups excluding carboxylic acids is 1. The average Bonchev–Trinajstić information content (AvgIpc) is 3.49. The normalized spacial score (nSPS) is 24.4. The van der Waals surface area contributed by atoms with Crippen molar-refractivity contribution in [2.45, 2.75) is 75.3 Å². The Labute approximate surface area is 193 Å². The summed E-state index contributed by atoms with van der Waals surface area (Å²) in [4.78, 5) is 12.4. The molecule has 2 aliphatic rings. The molecule has 0 bridgehead atoms. The van der Waals surface area contributed by atoms with Crippen molar-refractivity contribution in [1.29, 1.82) is 0 Å². The van der Waals surface area contributed by atoms with Crippen LogP contribution in [0.25, 0.3) is 0 Å². The lowest BCUT2D eigenvalue weighted by Crippen LogP contribution is -2.52. The molecule has 2 heterocycles. The van der Waals surface area contributed by atoms with Crippen molar-refractivity contribution >= 4 is 11.7 Å². The Bertz CT molecular complexity index is 912. The number of nitrogens with zero attached hydrogens (tertiary/aromatic N) is 3. The van der Waals surface area contributed by atoms with E-state index in [1.54, 1.807) is 36.1 Å². The fraction of sp³-hybridized carbons (Fsp3) is 0.609. The van der Waals surface area contributed by atoms with Crippen LogP contribution in [-0.4, -0.2) is 63.2 Å². The molecular weight excluding hydrogens is 426 g/mol. The zero-order valence-electron chi connectivity index (χ0n) is 18.9. The number of hydrogen-bond acceptors (Lipinski definition) is 7. The summed E-state index contributed by atoms with van der Waals surface area (Å²) >= 11 is 0. The third-order valence-corrected chi connectivity index (χ3v) is 6.59. The predicted molar refractivity (Wildman–Crippen MR) is 121 cm³/mol. The standard InChI is InChI=1S/C23H33N5O5/c1-32-17-6-4-16(5-7-17)24-22(30)25-19-9-8-18(33-20(19)15-29)10-13-28-14-21(26-27-28)23(31)11-2-3-12-23/h4-7,14,18-20,29,31H,2-3,8-13,15H2,1H3,(H2,24,25,30)/t18-,19+,20-/m1/s1. The number of aryl methyl sites for hydroxylation is 1. The molecule has 2 amide bonds. The van der Waals surface area contributed by atoms with Crippen LogP contribution in [0.1, 0.15) is 50.6 Å². The van der Waals surface area contributed by atoms with Gasteiger partial charge < -0.3 is 30.3 Å². The van der Waals surface area contributed by atoms with Crippen LogP contribution in [0.5, 0.6) is 5.75 Å². The number of methoxy groups -OCH3 is 1. The first kappa shape index (κ1) is 23.5. The van der Waals surface area contributed by atoms with Crippen LogP contribution < -0.4 is 15.4 Å². The highest BCUT2D eigenvalue weighted by atomic mass is 16.5. The van der Waals surface area contributed by atoms with Gasteiger partial charge in [0.1, 0.15) is 23.1 Å². The Morgan fingerprint density at radius 2 is 2.03 bits per heavy atom. The maximum Gasteiger partial charge on any atom is 0.319 e. The van der Waals surface area contributed by atoms with E-state index in [0.29, 0.717) is 36.5 Å². The van der Waals surface area contributed by atoms with Gasteiger partial charge in [0, 0.05) is 12.2 Å². The van der Waals surface area contributed by atoms with Crippen molar-refractivity contribution in [2.24, 2.45) is 0 Å². The number of urea groups is 1. The van der Waals surface area contributed by atoms with E-state index in [1.165, 1.54) is 0 Å². The second kappa shape index (κ2) is 10.5. The van der Waals surface area contributed by atoms with Crippen LogP contribution in [0.4, 0.5) is 10.5 Å². The van der Waals surface area contributed by atoms with Gasteiger partial charge in [0.25, 0.3) is 0 Å². The number of aromatic nitrogens is 3. The quantitative estimate of drug-likeness (QED) is 0.476. The van der Waals surface area contributed by atoms with Gasteiger partial charge >= 0.3 is 6.03 Å². The molecular formula is C23H33N5O5. The lowest BCUT2D eigenvalue weighted by Gasteiger charge is -2.36. The van der Waals surface area contributed by atoms with E-state index in [1.807, 2.05) is 6.20 Å². The van der Waals surface area contributed by atoms with Crippen LogP contribution in [0.2, 0.25) is 0 Å². The number of aliphatic hydroxyl groups is 2. The second-order valence-electron chi connectivity index (χ2n) is 8.88. The van der Waals surface area contributed by atoms with E-state index in [4.69, 9.17) is 9.47 Å². The molecule has 3 atom stereocenters. The lowest BCUT2D eigenvalue weighted by molar-refractivity contribution is -0.0905. The van der Waals surface area contributed by atoms with E-state index in [-0.39, 0.29) is 24.8 Å². The van der Waals surface area contributed by atoms with Crippen LogP contribution >= 0.6 is 0 Å². The van der Waals surface area contributed by atoms with Gasteiger partial charge in [-0.15, -0.1) is 5.10 Å². The largest absolute Gasteiger partial charge is 0.497 e. The molecule has 33 heavy (non-hydrogen) atoms. The average molecular weight is 460 g/mol. The zero-order chi connectivity index (χ0) is 23.3. The minimum absolute atomic E-state index is 0.0490. The summed E-state index contributed by atoms with van der Waals surface area (Å²) in [5.74, 6) is 0.713. The summed E-state index contributed by atoms with van der Waals surface area (Å²) in [5.41, 5.74) is 0.454. The van der Waals surface area contributed by atoms with Crippen molar-refractivity contribution in [2.75, 3.05) is 19.0 Å². The first-order valence-electron chi connectivity index (χ1n) is 11.6.